The maximum Gasteiger partial charge on any atom is 0.280 e. The quantitative estimate of drug-likeness (QED) is 0.337. The maximum absolute atomic E-state index is 12.5. The van der Waals surface area contributed by atoms with Crippen molar-refractivity contribution in [3.63, 3.8) is 0 Å². The minimum atomic E-state index is -0.298. The van der Waals surface area contributed by atoms with Crippen molar-refractivity contribution < 1.29 is 0 Å². The molecule has 0 atom stereocenters. The molecular weight excluding hydrogens is 350 g/mol. The number of nitrogen functional groups attached to an aromatic ring is 1. The Morgan fingerprint density at radius 1 is 1.12 bits per heavy atom. The van der Waals surface area contributed by atoms with Gasteiger partial charge in [-0.2, -0.15) is 0 Å². The minimum Gasteiger partial charge on any atom is -0.334 e. The average molecular weight is 365 g/mol. The first-order chi connectivity index (χ1) is 12.5. The van der Waals surface area contributed by atoms with Gasteiger partial charge in [-0.05, 0) is 31.2 Å². The number of rotatable bonds is 3. The van der Waals surface area contributed by atoms with Gasteiger partial charge in [0.1, 0.15) is 5.65 Å². The summed E-state index contributed by atoms with van der Waals surface area (Å²) >= 11 is 1.27. The van der Waals surface area contributed by atoms with E-state index in [1.54, 1.807) is 30.5 Å². The van der Waals surface area contributed by atoms with Crippen LogP contribution >= 0.6 is 11.8 Å². The minimum absolute atomic E-state index is 0.154. The number of aromatic nitrogens is 4. The summed E-state index contributed by atoms with van der Waals surface area (Å²) in [4.78, 5) is 33.5. The van der Waals surface area contributed by atoms with Crippen molar-refractivity contribution in [2.75, 3.05) is 5.84 Å². The molecule has 4 aromatic rings. The van der Waals surface area contributed by atoms with Gasteiger partial charge in [0, 0.05) is 18.0 Å². The molecule has 0 aliphatic carbocycles. The van der Waals surface area contributed by atoms with Gasteiger partial charge in [-0.25, -0.2) is 14.6 Å². The van der Waals surface area contributed by atoms with E-state index in [1.807, 2.05) is 19.1 Å². The van der Waals surface area contributed by atoms with E-state index in [4.69, 9.17) is 5.84 Å². The van der Waals surface area contributed by atoms with Crippen LogP contribution in [0.3, 0.4) is 0 Å². The maximum atomic E-state index is 12.5. The van der Waals surface area contributed by atoms with Crippen LogP contribution in [0.25, 0.3) is 16.6 Å². The van der Waals surface area contributed by atoms with Crippen molar-refractivity contribution in [3.8, 4) is 0 Å². The van der Waals surface area contributed by atoms with Gasteiger partial charge in [-0.1, -0.05) is 29.5 Å². The summed E-state index contributed by atoms with van der Waals surface area (Å²) in [6, 6.07) is 12.3. The molecule has 0 aliphatic heterocycles. The average Bonchev–Trinajstić information content (AvgIpc) is 2.64. The molecule has 0 saturated heterocycles. The number of fused-ring (bicyclic) bond motifs is 2. The molecule has 4 rings (SSSR count). The first kappa shape index (κ1) is 16.3. The highest BCUT2D eigenvalue weighted by Crippen LogP contribution is 2.20. The summed E-state index contributed by atoms with van der Waals surface area (Å²) in [7, 11) is 0. The predicted molar refractivity (Wildman–Crippen MR) is 102 cm³/mol. The van der Waals surface area contributed by atoms with Gasteiger partial charge in [-0.15, -0.1) is 0 Å². The standard InChI is InChI=1S/C18H15N5O2S/c1-11-5-6-14-13(8-11)17(25)23(19)18(21-14)26-10-12-9-16(24)22-7-3-2-4-15(22)20-12/h2-9H,10,19H2,1H3. The van der Waals surface area contributed by atoms with E-state index in [9.17, 15) is 9.59 Å². The van der Waals surface area contributed by atoms with E-state index < -0.39 is 0 Å². The highest BCUT2D eigenvalue weighted by atomic mass is 32.2. The van der Waals surface area contributed by atoms with Gasteiger partial charge in [0.15, 0.2) is 5.16 Å². The number of aryl methyl sites for hydroxylation is 1. The van der Waals surface area contributed by atoms with Crippen molar-refractivity contribution in [2.24, 2.45) is 0 Å². The lowest BCUT2D eigenvalue weighted by molar-refractivity contribution is 0.779. The van der Waals surface area contributed by atoms with Crippen LogP contribution in [0.15, 0.2) is 63.4 Å². The van der Waals surface area contributed by atoms with E-state index in [2.05, 4.69) is 9.97 Å². The first-order valence-electron chi connectivity index (χ1n) is 7.91. The third kappa shape index (κ3) is 2.84. The SMILES string of the molecule is Cc1ccc2nc(SCc3cc(=O)n4ccccc4n3)n(N)c(=O)c2c1. The fourth-order valence-electron chi connectivity index (χ4n) is 2.71. The first-order valence-corrected chi connectivity index (χ1v) is 8.90. The summed E-state index contributed by atoms with van der Waals surface area (Å²) < 4.78 is 2.52. The van der Waals surface area contributed by atoms with Gasteiger partial charge in [0.25, 0.3) is 11.1 Å². The van der Waals surface area contributed by atoms with E-state index in [-0.39, 0.29) is 11.1 Å². The summed E-state index contributed by atoms with van der Waals surface area (Å²) in [5.41, 5.74) is 2.28. The lowest BCUT2D eigenvalue weighted by atomic mass is 10.2. The number of pyridine rings is 1. The van der Waals surface area contributed by atoms with Gasteiger partial charge in [0.2, 0.25) is 0 Å². The molecule has 2 N–H and O–H groups in total. The summed E-state index contributed by atoms with van der Waals surface area (Å²) in [6.45, 7) is 1.91. The van der Waals surface area contributed by atoms with Crippen molar-refractivity contribution in [1.82, 2.24) is 19.0 Å². The fourth-order valence-corrected chi connectivity index (χ4v) is 3.52. The van der Waals surface area contributed by atoms with Crippen LogP contribution < -0.4 is 17.0 Å². The summed E-state index contributed by atoms with van der Waals surface area (Å²) in [5.74, 6) is 6.29. The zero-order valence-electron chi connectivity index (χ0n) is 13.9. The molecule has 8 heteroatoms. The molecule has 0 saturated carbocycles. The molecule has 26 heavy (non-hydrogen) atoms. The smallest absolute Gasteiger partial charge is 0.280 e. The number of benzene rings is 1. The van der Waals surface area contributed by atoms with E-state index in [0.717, 1.165) is 10.2 Å². The number of hydrogen-bond acceptors (Lipinski definition) is 6. The third-order valence-electron chi connectivity index (χ3n) is 4.00. The second-order valence-electron chi connectivity index (χ2n) is 5.89. The van der Waals surface area contributed by atoms with Crippen LogP contribution in [0.5, 0.6) is 0 Å². The third-order valence-corrected chi connectivity index (χ3v) is 4.98. The van der Waals surface area contributed by atoms with Gasteiger partial charge >= 0.3 is 0 Å². The molecule has 0 unspecified atom stereocenters. The predicted octanol–water partition coefficient (Wildman–Crippen LogP) is 1.72. The lowest BCUT2D eigenvalue weighted by Crippen LogP contribution is -2.29. The fraction of sp³-hybridized carbons (Fsp3) is 0.111. The summed E-state index contributed by atoms with van der Waals surface area (Å²) in [5, 5.41) is 0.861. The van der Waals surface area contributed by atoms with E-state index in [1.165, 1.54) is 22.2 Å². The van der Waals surface area contributed by atoms with Crippen molar-refractivity contribution in [1.29, 1.82) is 0 Å². The van der Waals surface area contributed by atoms with E-state index in [0.29, 0.717) is 33.2 Å². The van der Waals surface area contributed by atoms with Crippen molar-refractivity contribution in [3.05, 3.63) is 80.6 Å². The van der Waals surface area contributed by atoms with Crippen LogP contribution in [0.2, 0.25) is 0 Å². The van der Waals surface area contributed by atoms with Crippen molar-refractivity contribution >= 4 is 28.3 Å². The molecule has 0 radical (unpaired) electrons. The normalized spacial score (nSPS) is 11.3. The molecule has 0 amide bonds. The Morgan fingerprint density at radius 2 is 1.96 bits per heavy atom. The second kappa shape index (κ2) is 6.30. The van der Waals surface area contributed by atoms with Crippen LogP contribution in [0.4, 0.5) is 0 Å². The monoisotopic (exact) mass is 365 g/mol. The Bertz CT molecular complexity index is 1260. The Labute approximate surface area is 152 Å². The van der Waals surface area contributed by atoms with Crippen LogP contribution in [-0.2, 0) is 5.75 Å². The highest BCUT2D eigenvalue weighted by Gasteiger charge is 2.11. The Morgan fingerprint density at radius 3 is 2.81 bits per heavy atom. The van der Waals surface area contributed by atoms with Crippen LogP contribution in [-0.4, -0.2) is 19.0 Å². The molecule has 0 bridgehead atoms. The zero-order chi connectivity index (χ0) is 18.3. The number of thioether (sulfide) groups is 1. The number of nitrogens with two attached hydrogens (primary N) is 1. The Balaban J connectivity index is 1.70. The molecule has 1 aromatic carbocycles. The molecule has 7 nitrogen and oxygen atoms in total. The topological polar surface area (TPSA) is 95.3 Å². The van der Waals surface area contributed by atoms with Crippen LogP contribution in [0, 0.1) is 6.92 Å². The van der Waals surface area contributed by atoms with Gasteiger partial charge in [0.05, 0.1) is 16.6 Å². The molecule has 0 fully saturated rings. The molecule has 3 heterocycles. The molecule has 3 aromatic heterocycles. The summed E-state index contributed by atoms with van der Waals surface area (Å²) in [6.07, 6.45) is 1.67. The lowest BCUT2D eigenvalue weighted by Gasteiger charge is -2.09. The Kier molecular flexibility index (Phi) is 3.96. The molecule has 130 valence electrons. The Hall–Kier alpha value is -3.13. The van der Waals surface area contributed by atoms with Gasteiger partial charge in [-0.3, -0.25) is 14.0 Å². The molecule has 0 aliphatic rings. The van der Waals surface area contributed by atoms with Gasteiger partial charge < -0.3 is 5.84 Å². The molecular formula is C18H15N5O2S. The van der Waals surface area contributed by atoms with E-state index >= 15 is 0 Å². The van der Waals surface area contributed by atoms with Crippen LogP contribution in [0.1, 0.15) is 11.3 Å². The highest BCUT2D eigenvalue weighted by molar-refractivity contribution is 7.98. The second-order valence-corrected chi connectivity index (χ2v) is 6.84. The molecule has 0 spiro atoms. The van der Waals surface area contributed by atoms with Crippen molar-refractivity contribution in [2.45, 2.75) is 17.8 Å². The largest absolute Gasteiger partial charge is 0.334 e. The number of hydrogen-bond donors (Lipinski definition) is 1. The zero-order valence-corrected chi connectivity index (χ0v) is 14.7. The number of nitrogens with zero attached hydrogens (tertiary/aromatic N) is 4.